The summed E-state index contributed by atoms with van der Waals surface area (Å²) < 4.78 is 7.26. The predicted molar refractivity (Wildman–Crippen MR) is 112 cm³/mol. The summed E-state index contributed by atoms with van der Waals surface area (Å²) in [4.78, 5) is 26.9. The Bertz CT molecular complexity index is 1040. The van der Waals surface area contributed by atoms with Crippen LogP contribution in [0.2, 0.25) is 0 Å². The lowest BCUT2D eigenvalue weighted by Crippen LogP contribution is -2.39. The maximum atomic E-state index is 12.8. The fourth-order valence-electron chi connectivity index (χ4n) is 3.97. The highest BCUT2D eigenvalue weighted by molar-refractivity contribution is 5.91. The van der Waals surface area contributed by atoms with Crippen molar-refractivity contribution in [2.24, 2.45) is 7.05 Å². The van der Waals surface area contributed by atoms with E-state index in [0.717, 1.165) is 46.3 Å². The Morgan fingerprint density at radius 3 is 2.75 bits per heavy atom. The molecule has 1 aromatic carbocycles. The van der Waals surface area contributed by atoms with Crippen LogP contribution in [0.1, 0.15) is 43.9 Å². The third-order valence-electron chi connectivity index (χ3n) is 5.25. The molecule has 2 aromatic rings. The second-order valence-corrected chi connectivity index (χ2v) is 8.54. The van der Waals surface area contributed by atoms with Crippen LogP contribution >= 0.6 is 0 Å². The molecule has 0 N–H and O–H groups in total. The number of nitrogens with zero attached hydrogens (tertiary/aromatic N) is 2. The molecule has 2 aliphatic rings. The summed E-state index contributed by atoms with van der Waals surface area (Å²) in [6, 6.07) is 6.24. The van der Waals surface area contributed by atoms with Gasteiger partial charge in [0.15, 0.2) is 0 Å². The molecule has 0 bridgehead atoms. The number of carbonyl (C=O) groups excluding carboxylic acids is 1. The average Bonchev–Trinajstić information content (AvgIpc) is 3.12. The molecule has 0 saturated heterocycles. The molecule has 4 rings (SSSR count). The van der Waals surface area contributed by atoms with Crippen molar-refractivity contribution in [1.82, 2.24) is 4.57 Å². The molecule has 5 heteroatoms. The zero-order valence-electron chi connectivity index (χ0n) is 16.9. The Labute approximate surface area is 165 Å². The van der Waals surface area contributed by atoms with E-state index in [9.17, 15) is 9.59 Å². The molecular formula is C23H26N2O3. The Hall–Kier alpha value is -2.82. The van der Waals surface area contributed by atoms with Gasteiger partial charge in [0.2, 0.25) is 0 Å². The molecule has 0 radical (unpaired) electrons. The number of aromatic nitrogens is 1. The topological polar surface area (TPSA) is 51.5 Å². The van der Waals surface area contributed by atoms with Crippen molar-refractivity contribution in [1.29, 1.82) is 0 Å². The molecule has 28 heavy (non-hydrogen) atoms. The highest BCUT2D eigenvalue weighted by Gasteiger charge is 2.28. The molecule has 1 aromatic heterocycles. The van der Waals surface area contributed by atoms with Crippen LogP contribution in [0, 0.1) is 0 Å². The van der Waals surface area contributed by atoms with Crippen LogP contribution in [0.15, 0.2) is 35.3 Å². The molecule has 0 fully saturated rings. The third kappa shape index (κ3) is 3.26. The first-order valence-electron chi connectivity index (χ1n) is 9.77. The highest BCUT2D eigenvalue weighted by Crippen LogP contribution is 2.36. The van der Waals surface area contributed by atoms with Crippen LogP contribution in [-0.2, 0) is 24.6 Å². The van der Waals surface area contributed by atoms with E-state index < -0.39 is 5.60 Å². The Morgan fingerprint density at radius 2 is 2.00 bits per heavy atom. The number of amides is 1. The SMILES string of the molecule is Cn1cc(-c2ccc3c(c2)N(C(=O)OC(C)(C)C)CCC3)c2c(c1=O)CC=C2. The second-order valence-electron chi connectivity index (χ2n) is 8.54. The molecular weight excluding hydrogens is 352 g/mol. The monoisotopic (exact) mass is 378 g/mol. The number of aryl methyl sites for hydroxylation is 2. The van der Waals surface area contributed by atoms with Crippen molar-refractivity contribution >= 4 is 17.9 Å². The van der Waals surface area contributed by atoms with Gasteiger partial charge < -0.3 is 9.30 Å². The smallest absolute Gasteiger partial charge is 0.414 e. The van der Waals surface area contributed by atoms with Crippen molar-refractivity contribution in [2.75, 3.05) is 11.4 Å². The molecule has 0 spiro atoms. The Kier molecular flexibility index (Phi) is 4.41. The van der Waals surface area contributed by atoms with E-state index in [1.54, 1.807) is 16.5 Å². The largest absolute Gasteiger partial charge is 0.443 e. The van der Waals surface area contributed by atoms with E-state index in [1.165, 1.54) is 0 Å². The number of benzene rings is 1. The van der Waals surface area contributed by atoms with Gasteiger partial charge >= 0.3 is 6.09 Å². The third-order valence-corrected chi connectivity index (χ3v) is 5.25. The first-order valence-corrected chi connectivity index (χ1v) is 9.77. The quantitative estimate of drug-likeness (QED) is 0.743. The van der Waals surface area contributed by atoms with Crippen molar-refractivity contribution < 1.29 is 9.53 Å². The van der Waals surface area contributed by atoms with Gasteiger partial charge in [-0.1, -0.05) is 24.3 Å². The summed E-state index contributed by atoms with van der Waals surface area (Å²) in [5.41, 5.74) is 5.42. The van der Waals surface area contributed by atoms with E-state index >= 15 is 0 Å². The maximum absolute atomic E-state index is 12.8. The number of carbonyl (C=O) groups is 1. The van der Waals surface area contributed by atoms with Gasteiger partial charge in [0.1, 0.15) is 5.60 Å². The molecule has 1 aliphatic carbocycles. The van der Waals surface area contributed by atoms with E-state index in [2.05, 4.69) is 18.2 Å². The fourth-order valence-corrected chi connectivity index (χ4v) is 3.97. The number of hydrogen-bond donors (Lipinski definition) is 0. The number of allylic oxidation sites excluding steroid dienone is 1. The zero-order valence-corrected chi connectivity index (χ0v) is 16.9. The number of ether oxygens (including phenoxy) is 1. The van der Waals surface area contributed by atoms with Gasteiger partial charge in [-0.15, -0.1) is 0 Å². The van der Waals surface area contributed by atoms with Crippen LogP contribution in [0.3, 0.4) is 0 Å². The van der Waals surface area contributed by atoms with Crippen molar-refractivity contribution in [3.05, 3.63) is 57.5 Å². The average molecular weight is 378 g/mol. The van der Waals surface area contributed by atoms with Crippen LogP contribution in [0.5, 0.6) is 0 Å². The summed E-state index contributed by atoms with van der Waals surface area (Å²) in [5, 5.41) is 0. The van der Waals surface area contributed by atoms with Crippen LogP contribution in [0.4, 0.5) is 10.5 Å². The first kappa shape index (κ1) is 18.5. The lowest BCUT2D eigenvalue weighted by molar-refractivity contribution is 0.0578. The van der Waals surface area contributed by atoms with Crippen LogP contribution in [-0.4, -0.2) is 22.8 Å². The molecule has 5 nitrogen and oxygen atoms in total. The van der Waals surface area contributed by atoms with Gasteiger partial charge in [-0.05, 0) is 62.8 Å². The van der Waals surface area contributed by atoms with Gasteiger partial charge in [0, 0.05) is 30.9 Å². The minimum absolute atomic E-state index is 0.0529. The molecule has 0 saturated carbocycles. The number of anilines is 1. The standard InChI is InChI=1S/C23H26N2O3/c1-23(2,3)28-22(27)25-12-6-7-15-10-11-16(13-20(15)25)19-14-24(4)21(26)18-9-5-8-17(18)19/h5,8,10-11,13-14H,6-7,9,12H2,1-4H3. The molecule has 2 heterocycles. The number of pyridine rings is 1. The maximum Gasteiger partial charge on any atom is 0.414 e. The van der Waals surface area contributed by atoms with E-state index in [0.29, 0.717) is 13.0 Å². The van der Waals surface area contributed by atoms with Crippen molar-refractivity contribution in [2.45, 2.75) is 45.6 Å². The first-order chi connectivity index (χ1) is 13.2. The summed E-state index contributed by atoms with van der Waals surface area (Å²) >= 11 is 0. The van der Waals surface area contributed by atoms with Crippen LogP contribution < -0.4 is 10.5 Å². The second kappa shape index (κ2) is 6.66. The Morgan fingerprint density at radius 1 is 1.21 bits per heavy atom. The molecule has 1 aliphatic heterocycles. The van der Waals surface area contributed by atoms with E-state index in [1.807, 2.05) is 39.1 Å². The van der Waals surface area contributed by atoms with Crippen molar-refractivity contribution in [3.8, 4) is 11.1 Å². The molecule has 0 atom stereocenters. The van der Waals surface area contributed by atoms with Gasteiger partial charge in [0.05, 0.1) is 5.69 Å². The van der Waals surface area contributed by atoms with Gasteiger partial charge in [-0.2, -0.15) is 0 Å². The van der Waals surface area contributed by atoms with Gasteiger partial charge in [-0.25, -0.2) is 4.79 Å². The highest BCUT2D eigenvalue weighted by atomic mass is 16.6. The van der Waals surface area contributed by atoms with Crippen LogP contribution in [0.25, 0.3) is 17.2 Å². The fraction of sp³-hybridized carbons (Fsp3) is 0.391. The van der Waals surface area contributed by atoms with E-state index in [-0.39, 0.29) is 11.7 Å². The summed E-state index contributed by atoms with van der Waals surface area (Å²) in [6.45, 7) is 6.29. The lowest BCUT2D eigenvalue weighted by atomic mass is 9.94. The van der Waals surface area contributed by atoms with Crippen molar-refractivity contribution in [3.63, 3.8) is 0 Å². The summed E-state index contributed by atoms with van der Waals surface area (Å²) in [7, 11) is 1.79. The van der Waals surface area contributed by atoms with Gasteiger partial charge in [0.25, 0.3) is 5.56 Å². The predicted octanol–water partition coefficient (Wildman–Crippen LogP) is 4.31. The Balaban J connectivity index is 1.79. The molecule has 146 valence electrons. The zero-order chi connectivity index (χ0) is 20.1. The number of fused-ring (bicyclic) bond motifs is 2. The summed E-state index contributed by atoms with van der Waals surface area (Å²) in [6.07, 6.45) is 8.17. The van der Waals surface area contributed by atoms with E-state index in [4.69, 9.17) is 4.74 Å². The minimum Gasteiger partial charge on any atom is -0.443 e. The normalized spacial score (nSPS) is 15.4. The minimum atomic E-state index is -0.532. The summed E-state index contributed by atoms with van der Waals surface area (Å²) in [5.74, 6) is 0. The number of rotatable bonds is 1. The molecule has 0 unspecified atom stereocenters. The van der Waals surface area contributed by atoms with Gasteiger partial charge in [-0.3, -0.25) is 9.69 Å². The molecule has 1 amide bonds. The lowest BCUT2D eigenvalue weighted by Gasteiger charge is -2.32. The number of hydrogen-bond acceptors (Lipinski definition) is 3.